The molecule has 0 amide bonds. The van der Waals surface area contributed by atoms with Gasteiger partial charge in [0.1, 0.15) is 0 Å². The van der Waals surface area contributed by atoms with Crippen molar-refractivity contribution in [3.63, 3.8) is 0 Å². The maximum atomic E-state index is 12.9. The van der Waals surface area contributed by atoms with Gasteiger partial charge >= 0.3 is 0 Å². The Labute approximate surface area is 125 Å². The number of sulfonamides is 1. The van der Waals surface area contributed by atoms with Crippen molar-refractivity contribution in [1.29, 1.82) is 0 Å². The van der Waals surface area contributed by atoms with E-state index in [1.165, 1.54) is 0 Å². The fourth-order valence-corrected chi connectivity index (χ4v) is 4.63. The quantitative estimate of drug-likeness (QED) is 0.946. The van der Waals surface area contributed by atoms with E-state index in [1.807, 2.05) is 43.4 Å². The van der Waals surface area contributed by atoms with Crippen molar-refractivity contribution in [3.05, 3.63) is 42.5 Å². The second-order valence-electron chi connectivity index (χ2n) is 5.44. The first kappa shape index (κ1) is 14.5. The lowest BCUT2D eigenvalue weighted by molar-refractivity contribution is 0.298. The topological polar surface area (TPSA) is 49.4 Å². The van der Waals surface area contributed by atoms with Crippen LogP contribution in [-0.2, 0) is 10.0 Å². The standard InChI is InChI=1S/C16H20N2O2S/c1-17-14-9-11-18(12-10-14)21(19,20)16-8-4-6-13-5-2-3-7-15(13)16/h2-8,14,17H,9-12H2,1H3. The van der Waals surface area contributed by atoms with Crippen LogP contribution < -0.4 is 5.32 Å². The highest BCUT2D eigenvalue weighted by Gasteiger charge is 2.29. The largest absolute Gasteiger partial charge is 0.317 e. The highest BCUT2D eigenvalue weighted by Crippen LogP contribution is 2.27. The number of nitrogens with zero attached hydrogens (tertiary/aromatic N) is 1. The Morgan fingerprint density at radius 2 is 1.71 bits per heavy atom. The molecule has 0 aliphatic carbocycles. The molecule has 1 heterocycles. The normalized spacial score (nSPS) is 18.1. The number of fused-ring (bicyclic) bond motifs is 1. The molecule has 0 aromatic heterocycles. The first-order valence-corrected chi connectivity index (χ1v) is 8.72. The number of piperidine rings is 1. The van der Waals surface area contributed by atoms with E-state index in [9.17, 15) is 8.42 Å². The van der Waals surface area contributed by atoms with Gasteiger partial charge in [-0.3, -0.25) is 0 Å². The van der Waals surface area contributed by atoms with E-state index in [0.717, 1.165) is 23.6 Å². The summed E-state index contributed by atoms with van der Waals surface area (Å²) in [6.45, 7) is 1.16. The van der Waals surface area contributed by atoms with Crippen LogP contribution in [0.3, 0.4) is 0 Å². The zero-order chi connectivity index (χ0) is 14.9. The monoisotopic (exact) mass is 304 g/mol. The van der Waals surface area contributed by atoms with Crippen LogP contribution in [0.15, 0.2) is 47.4 Å². The third-order valence-corrected chi connectivity index (χ3v) is 6.19. The van der Waals surface area contributed by atoms with Gasteiger partial charge in [-0.15, -0.1) is 0 Å². The van der Waals surface area contributed by atoms with Crippen molar-refractivity contribution in [3.8, 4) is 0 Å². The van der Waals surface area contributed by atoms with Crippen molar-refractivity contribution < 1.29 is 8.42 Å². The number of nitrogens with one attached hydrogen (secondary N) is 1. The number of benzene rings is 2. The highest BCUT2D eigenvalue weighted by molar-refractivity contribution is 7.89. The Kier molecular flexibility index (Phi) is 3.97. The van der Waals surface area contributed by atoms with Gasteiger partial charge < -0.3 is 5.32 Å². The van der Waals surface area contributed by atoms with Crippen LogP contribution in [0.2, 0.25) is 0 Å². The Morgan fingerprint density at radius 3 is 2.43 bits per heavy atom. The molecule has 21 heavy (non-hydrogen) atoms. The average Bonchev–Trinajstić information content (AvgIpc) is 2.54. The molecule has 0 saturated carbocycles. The molecular weight excluding hydrogens is 284 g/mol. The number of hydrogen-bond acceptors (Lipinski definition) is 3. The van der Waals surface area contributed by atoms with Crippen molar-refractivity contribution in [1.82, 2.24) is 9.62 Å². The van der Waals surface area contributed by atoms with Gasteiger partial charge in [0.2, 0.25) is 10.0 Å². The Balaban J connectivity index is 1.98. The van der Waals surface area contributed by atoms with Gasteiger partial charge in [0.05, 0.1) is 4.90 Å². The molecule has 4 nitrogen and oxygen atoms in total. The van der Waals surface area contributed by atoms with E-state index < -0.39 is 10.0 Å². The van der Waals surface area contributed by atoms with E-state index in [-0.39, 0.29) is 0 Å². The number of rotatable bonds is 3. The zero-order valence-corrected chi connectivity index (χ0v) is 12.9. The molecule has 5 heteroatoms. The summed E-state index contributed by atoms with van der Waals surface area (Å²) >= 11 is 0. The van der Waals surface area contributed by atoms with Gasteiger partial charge in [-0.1, -0.05) is 36.4 Å². The van der Waals surface area contributed by atoms with Gasteiger partial charge in [-0.25, -0.2) is 8.42 Å². The summed E-state index contributed by atoms with van der Waals surface area (Å²) in [5, 5.41) is 4.99. The molecule has 112 valence electrons. The SMILES string of the molecule is CNC1CCN(S(=O)(=O)c2cccc3ccccc23)CC1. The minimum atomic E-state index is -3.41. The lowest BCUT2D eigenvalue weighted by Gasteiger charge is -2.31. The predicted octanol–water partition coefficient (Wildman–Crippen LogP) is 2.21. The summed E-state index contributed by atoms with van der Waals surface area (Å²) in [5.74, 6) is 0. The van der Waals surface area contributed by atoms with Crippen LogP contribution in [0.4, 0.5) is 0 Å². The Hall–Kier alpha value is -1.43. The molecular formula is C16H20N2O2S. The third-order valence-electron chi connectivity index (χ3n) is 4.23. The third kappa shape index (κ3) is 2.69. The van der Waals surface area contributed by atoms with Gasteiger partial charge in [-0.2, -0.15) is 4.31 Å². The lowest BCUT2D eigenvalue weighted by Crippen LogP contribution is -2.43. The fourth-order valence-electron chi connectivity index (χ4n) is 2.94. The van der Waals surface area contributed by atoms with Crippen LogP contribution in [0, 0.1) is 0 Å². The molecule has 1 fully saturated rings. The maximum absolute atomic E-state index is 12.9. The summed E-state index contributed by atoms with van der Waals surface area (Å²) in [4.78, 5) is 0.420. The van der Waals surface area contributed by atoms with Crippen LogP contribution in [-0.4, -0.2) is 38.9 Å². The van der Waals surface area contributed by atoms with E-state index >= 15 is 0 Å². The summed E-state index contributed by atoms with van der Waals surface area (Å²) < 4.78 is 27.4. The Bertz CT molecular complexity index is 730. The summed E-state index contributed by atoms with van der Waals surface area (Å²) in [5.41, 5.74) is 0. The molecule has 2 aromatic carbocycles. The molecule has 1 aliphatic heterocycles. The van der Waals surface area contributed by atoms with Crippen LogP contribution in [0.25, 0.3) is 10.8 Å². The smallest absolute Gasteiger partial charge is 0.243 e. The fraction of sp³-hybridized carbons (Fsp3) is 0.375. The van der Waals surface area contributed by atoms with Crippen LogP contribution in [0.5, 0.6) is 0 Å². The van der Waals surface area contributed by atoms with E-state index in [2.05, 4.69) is 5.32 Å². The van der Waals surface area contributed by atoms with Gasteiger partial charge in [0.25, 0.3) is 0 Å². The molecule has 0 bridgehead atoms. The van der Waals surface area contributed by atoms with E-state index in [1.54, 1.807) is 10.4 Å². The van der Waals surface area contributed by atoms with Crippen molar-refractivity contribution >= 4 is 20.8 Å². The minimum absolute atomic E-state index is 0.420. The molecule has 1 saturated heterocycles. The summed E-state index contributed by atoms with van der Waals surface area (Å²) in [6, 6.07) is 13.5. The van der Waals surface area contributed by atoms with E-state index in [0.29, 0.717) is 24.0 Å². The summed E-state index contributed by atoms with van der Waals surface area (Å²) in [7, 11) is -1.48. The second kappa shape index (κ2) is 5.75. The molecule has 0 radical (unpaired) electrons. The average molecular weight is 304 g/mol. The zero-order valence-electron chi connectivity index (χ0n) is 12.1. The van der Waals surface area contributed by atoms with Crippen molar-refractivity contribution in [2.75, 3.05) is 20.1 Å². The highest BCUT2D eigenvalue weighted by atomic mass is 32.2. The molecule has 0 atom stereocenters. The van der Waals surface area contributed by atoms with Gasteiger partial charge in [-0.05, 0) is 31.3 Å². The molecule has 1 aliphatic rings. The summed E-state index contributed by atoms with van der Waals surface area (Å²) in [6.07, 6.45) is 1.72. The molecule has 0 spiro atoms. The lowest BCUT2D eigenvalue weighted by atomic mass is 10.1. The number of hydrogen-bond donors (Lipinski definition) is 1. The molecule has 1 N–H and O–H groups in total. The van der Waals surface area contributed by atoms with Crippen LogP contribution >= 0.6 is 0 Å². The Morgan fingerprint density at radius 1 is 1.05 bits per heavy atom. The first-order chi connectivity index (χ1) is 10.1. The van der Waals surface area contributed by atoms with Gasteiger partial charge in [0.15, 0.2) is 0 Å². The molecule has 2 aromatic rings. The second-order valence-corrected chi connectivity index (χ2v) is 7.35. The predicted molar refractivity (Wildman–Crippen MR) is 84.8 cm³/mol. The van der Waals surface area contributed by atoms with Crippen molar-refractivity contribution in [2.45, 2.75) is 23.8 Å². The van der Waals surface area contributed by atoms with Gasteiger partial charge in [0, 0.05) is 24.5 Å². The molecule has 3 rings (SSSR count). The molecule has 0 unspecified atom stereocenters. The minimum Gasteiger partial charge on any atom is -0.317 e. The van der Waals surface area contributed by atoms with Crippen LogP contribution in [0.1, 0.15) is 12.8 Å². The first-order valence-electron chi connectivity index (χ1n) is 7.28. The van der Waals surface area contributed by atoms with Crippen molar-refractivity contribution in [2.24, 2.45) is 0 Å². The van der Waals surface area contributed by atoms with E-state index in [4.69, 9.17) is 0 Å². The maximum Gasteiger partial charge on any atom is 0.243 e.